The van der Waals surface area contributed by atoms with E-state index in [1.54, 1.807) is 0 Å². The molecule has 2 N–H and O–H groups in total. The molecule has 0 bridgehead atoms. The molecule has 0 saturated heterocycles. The van der Waals surface area contributed by atoms with Crippen LogP contribution >= 0.6 is 0 Å². The Balaban J connectivity index is 2.20. The highest BCUT2D eigenvalue weighted by atomic mass is 16.3. The van der Waals surface area contributed by atoms with Crippen LogP contribution in [-0.4, -0.2) is 30.8 Å². The van der Waals surface area contributed by atoms with Gasteiger partial charge in [0.15, 0.2) is 0 Å². The summed E-state index contributed by atoms with van der Waals surface area (Å²) >= 11 is 0. The van der Waals surface area contributed by atoms with Crippen molar-refractivity contribution in [3.63, 3.8) is 0 Å². The van der Waals surface area contributed by atoms with Crippen LogP contribution in [-0.2, 0) is 0 Å². The fourth-order valence-corrected chi connectivity index (χ4v) is 1.80. The fourth-order valence-electron chi connectivity index (χ4n) is 1.80. The van der Waals surface area contributed by atoms with Gasteiger partial charge in [-0.2, -0.15) is 0 Å². The van der Waals surface area contributed by atoms with Crippen molar-refractivity contribution in [3.8, 4) is 0 Å². The molecule has 0 aliphatic heterocycles. The van der Waals surface area contributed by atoms with Crippen molar-refractivity contribution in [1.82, 2.24) is 0 Å². The molecular weight excluding hydrogens is 127 g/mol. The van der Waals surface area contributed by atoms with Gasteiger partial charge in [0.05, 0.1) is 26.0 Å². The summed E-state index contributed by atoms with van der Waals surface area (Å²) in [5.41, 5.74) is 0.655. The summed E-state index contributed by atoms with van der Waals surface area (Å²) in [6, 6.07) is 0. The van der Waals surface area contributed by atoms with Gasteiger partial charge in [-0.15, -0.1) is 0 Å². The first-order chi connectivity index (χ1) is 4.70. The Bertz CT molecular complexity index is 202. The van der Waals surface area contributed by atoms with E-state index in [-0.39, 0.29) is 17.8 Å². The summed E-state index contributed by atoms with van der Waals surface area (Å²) in [6.45, 7) is 0.0111. The molecule has 0 aromatic heterocycles. The standard InChI is InChI=1S/C7H9BO2/c8-5-1-6(10)7(3-9)2-4(5)7/h2,5-6,9-10H,1,3H2/t5-,6-,7+/m0/s1. The largest absolute Gasteiger partial charge is 0.395 e. The zero-order valence-corrected chi connectivity index (χ0v) is 5.62. The lowest BCUT2D eigenvalue weighted by Crippen LogP contribution is -2.23. The van der Waals surface area contributed by atoms with E-state index < -0.39 is 6.10 Å². The minimum absolute atomic E-state index is 0.0111. The van der Waals surface area contributed by atoms with Gasteiger partial charge in [-0.3, -0.25) is 0 Å². The van der Waals surface area contributed by atoms with Gasteiger partial charge in [-0.25, -0.2) is 0 Å². The van der Waals surface area contributed by atoms with Crippen molar-refractivity contribution < 1.29 is 10.2 Å². The summed E-state index contributed by atoms with van der Waals surface area (Å²) in [4.78, 5) is 0. The Hall–Kier alpha value is -0.275. The lowest BCUT2D eigenvalue weighted by molar-refractivity contribution is 0.0762. The maximum Gasteiger partial charge on any atom is 0.0760 e. The molecule has 0 aromatic carbocycles. The third-order valence-electron chi connectivity index (χ3n) is 2.60. The molecule has 3 heteroatoms. The van der Waals surface area contributed by atoms with E-state index in [9.17, 15) is 5.11 Å². The monoisotopic (exact) mass is 136 g/mol. The van der Waals surface area contributed by atoms with Crippen molar-refractivity contribution in [2.75, 3.05) is 6.61 Å². The number of hydrogen-bond donors (Lipinski definition) is 2. The molecule has 2 nitrogen and oxygen atoms in total. The molecule has 3 atom stereocenters. The smallest absolute Gasteiger partial charge is 0.0760 e. The third-order valence-corrected chi connectivity index (χ3v) is 2.60. The number of rotatable bonds is 1. The molecule has 1 saturated carbocycles. The van der Waals surface area contributed by atoms with Gasteiger partial charge < -0.3 is 10.2 Å². The first kappa shape index (κ1) is 6.44. The number of aliphatic hydroxyl groups is 2. The van der Waals surface area contributed by atoms with Crippen molar-refractivity contribution in [1.29, 1.82) is 0 Å². The lowest BCUT2D eigenvalue weighted by Gasteiger charge is -2.14. The van der Waals surface area contributed by atoms with E-state index in [1.165, 1.54) is 0 Å². The van der Waals surface area contributed by atoms with E-state index in [2.05, 4.69) is 0 Å². The number of aliphatic hydroxyl groups excluding tert-OH is 2. The summed E-state index contributed by atoms with van der Waals surface area (Å²) in [6.07, 6.45) is 2.04. The Kier molecular flexibility index (Phi) is 1.07. The van der Waals surface area contributed by atoms with Gasteiger partial charge in [0.25, 0.3) is 0 Å². The number of fused-ring (bicyclic) bond motifs is 1. The van der Waals surface area contributed by atoms with Gasteiger partial charge in [0.2, 0.25) is 0 Å². The topological polar surface area (TPSA) is 40.5 Å². The van der Waals surface area contributed by atoms with Crippen LogP contribution in [0, 0.1) is 5.41 Å². The Morgan fingerprint density at radius 1 is 1.80 bits per heavy atom. The molecule has 2 aliphatic carbocycles. The molecule has 52 valence electrons. The molecule has 2 rings (SSSR count). The molecule has 10 heavy (non-hydrogen) atoms. The molecule has 2 radical (unpaired) electrons. The summed E-state index contributed by atoms with van der Waals surface area (Å²) in [7, 11) is 5.63. The van der Waals surface area contributed by atoms with Crippen molar-refractivity contribution in [3.05, 3.63) is 11.6 Å². The van der Waals surface area contributed by atoms with Gasteiger partial charge in [-0.05, 0) is 6.42 Å². The van der Waals surface area contributed by atoms with Crippen molar-refractivity contribution >= 4 is 7.85 Å². The van der Waals surface area contributed by atoms with Crippen LogP contribution in [0.15, 0.2) is 11.6 Å². The molecule has 0 heterocycles. The summed E-state index contributed by atoms with van der Waals surface area (Å²) in [5.74, 6) is -0.0119. The molecule has 2 aliphatic rings. The van der Waals surface area contributed by atoms with Gasteiger partial charge >= 0.3 is 0 Å². The Morgan fingerprint density at radius 3 is 2.70 bits per heavy atom. The normalized spacial score (nSPS) is 50.4. The SMILES string of the molecule is [B][C@H]1C[C@H](O)[C@@]2(CO)C=C12. The van der Waals surface area contributed by atoms with Crippen LogP contribution in [0.4, 0.5) is 0 Å². The molecule has 0 aromatic rings. The van der Waals surface area contributed by atoms with E-state index in [0.29, 0.717) is 6.42 Å². The predicted octanol–water partition coefficient (Wildman–Crippen LogP) is -0.373. The van der Waals surface area contributed by atoms with Gasteiger partial charge in [-0.1, -0.05) is 17.5 Å². The van der Waals surface area contributed by atoms with Crippen LogP contribution in [0.5, 0.6) is 0 Å². The van der Waals surface area contributed by atoms with Crippen molar-refractivity contribution in [2.45, 2.75) is 18.3 Å². The Labute approximate surface area is 61.0 Å². The van der Waals surface area contributed by atoms with Gasteiger partial charge in [0.1, 0.15) is 0 Å². The quantitative estimate of drug-likeness (QED) is 0.381. The minimum atomic E-state index is -0.442. The van der Waals surface area contributed by atoms with Crippen molar-refractivity contribution in [2.24, 2.45) is 5.41 Å². The third kappa shape index (κ3) is 0.528. The van der Waals surface area contributed by atoms with E-state index >= 15 is 0 Å². The average molecular weight is 136 g/mol. The van der Waals surface area contributed by atoms with Crippen LogP contribution in [0.2, 0.25) is 5.82 Å². The first-order valence-electron chi connectivity index (χ1n) is 3.48. The second kappa shape index (κ2) is 1.66. The zero-order valence-electron chi connectivity index (χ0n) is 5.62. The lowest BCUT2D eigenvalue weighted by atomic mass is 9.85. The van der Waals surface area contributed by atoms with Gasteiger partial charge in [0, 0.05) is 0 Å². The predicted molar refractivity (Wildman–Crippen MR) is 37.7 cm³/mol. The van der Waals surface area contributed by atoms with Crippen LogP contribution in [0.3, 0.4) is 0 Å². The second-order valence-corrected chi connectivity index (χ2v) is 3.16. The van der Waals surface area contributed by atoms with E-state index in [0.717, 1.165) is 5.57 Å². The fraction of sp³-hybridized carbons (Fsp3) is 0.714. The highest BCUT2D eigenvalue weighted by molar-refractivity contribution is 6.15. The van der Waals surface area contributed by atoms with Crippen LogP contribution in [0.1, 0.15) is 6.42 Å². The van der Waals surface area contributed by atoms with E-state index in [4.69, 9.17) is 13.0 Å². The minimum Gasteiger partial charge on any atom is -0.395 e. The maximum absolute atomic E-state index is 9.37. The highest BCUT2D eigenvalue weighted by Crippen LogP contribution is 2.60. The molecule has 0 unspecified atom stereocenters. The van der Waals surface area contributed by atoms with Crippen LogP contribution in [0.25, 0.3) is 0 Å². The van der Waals surface area contributed by atoms with Crippen LogP contribution < -0.4 is 0 Å². The maximum atomic E-state index is 9.37. The molecule has 0 spiro atoms. The molecular formula is C7H9BO2. The summed E-state index contributed by atoms with van der Waals surface area (Å²) < 4.78 is 0. The molecule has 1 fully saturated rings. The van der Waals surface area contributed by atoms with E-state index in [1.807, 2.05) is 6.08 Å². The molecule has 0 amide bonds. The second-order valence-electron chi connectivity index (χ2n) is 3.16. The summed E-state index contributed by atoms with van der Waals surface area (Å²) in [5, 5.41) is 18.3. The number of hydrogen-bond acceptors (Lipinski definition) is 2. The Morgan fingerprint density at radius 2 is 2.50 bits per heavy atom. The first-order valence-corrected chi connectivity index (χ1v) is 3.48. The zero-order chi connectivity index (χ0) is 7.35. The highest BCUT2D eigenvalue weighted by Gasteiger charge is 2.56. The average Bonchev–Trinajstić information content (AvgIpc) is 2.57.